The Bertz CT molecular complexity index is 1120. The van der Waals surface area contributed by atoms with Crippen LogP contribution in [0.1, 0.15) is 52.6 Å². The number of piperidine rings is 1. The molecule has 3 heterocycles. The molecule has 2 amide bonds. The standard InChI is InChI=1S/C27H38N6O2/c1-18-6-4-8-23(20(18)3)30-12-14-31(15-13-30)25(34)17-33-24-9-5-7-21(24)26(29-33)27(35)32-11-10-22(28)19(2)16-32/h4,6,8,19,22H,5,7,9-17,28H2,1-3H3/t19-,22+/m0/s1. The topological polar surface area (TPSA) is 87.7 Å². The number of nitrogens with two attached hydrogens (primary N) is 1. The predicted octanol–water partition coefficient (Wildman–Crippen LogP) is 2.15. The van der Waals surface area contributed by atoms with E-state index in [0.717, 1.165) is 50.0 Å². The monoisotopic (exact) mass is 478 g/mol. The van der Waals surface area contributed by atoms with Crippen LogP contribution in [0.5, 0.6) is 0 Å². The van der Waals surface area contributed by atoms with Gasteiger partial charge in [0.2, 0.25) is 5.91 Å². The second-order valence-electron chi connectivity index (χ2n) is 10.6. The van der Waals surface area contributed by atoms with Crippen LogP contribution in [0.15, 0.2) is 18.2 Å². The highest BCUT2D eigenvalue weighted by Crippen LogP contribution is 2.28. The summed E-state index contributed by atoms with van der Waals surface area (Å²) in [6, 6.07) is 6.56. The van der Waals surface area contributed by atoms with Crippen molar-refractivity contribution in [3.05, 3.63) is 46.3 Å². The Labute approximate surface area is 208 Å². The molecule has 2 aliphatic heterocycles. The van der Waals surface area contributed by atoms with Crippen molar-refractivity contribution in [2.24, 2.45) is 11.7 Å². The highest BCUT2D eigenvalue weighted by molar-refractivity contribution is 5.94. The summed E-state index contributed by atoms with van der Waals surface area (Å²) < 4.78 is 1.81. The normalized spacial score (nSPS) is 22.5. The van der Waals surface area contributed by atoms with Gasteiger partial charge in [-0.15, -0.1) is 0 Å². The molecule has 3 aliphatic rings. The van der Waals surface area contributed by atoms with E-state index < -0.39 is 0 Å². The SMILES string of the molecule is Cc1cccc(N2CCN(C(=O)Cn3nc(C(=O)N4CC[C@@H](N)[C@@H](C)C4)c4c3CCC4)CC2)c1C. The van der Waals surface area contributed by atoms with Gasteiger partial charge in [-0.05, 0) is 62.6 Å². The molecule has 0 spiro atoms. The first-order chi connectivity index (χ1) is 16.8. The number of amides is 2. The lowest BCUT2D eigenvalue weighted by molar-refractivity contribution is -0.132. The summed E-state index contributed by atoms with van der Waals surface area (Å²) >= 11 is 0. The summed E-state index contributed by atoms with van der Waals surface area (Å²) in [5.74, 6) is 0.362. The fraction of sp³-hybridized carbons (Fsp3) is 0.593. The van der Waals surface area contributed by atoms with E-state index in [1.54, 1.807) is 0 Å². The van der Waals surface area contributed by atoms with Crippen LogP contribution in [0.2, 0.25) is 0 Å². The first-order valence-corrected chi connectivity index (χ1v) is 13.1. The van der Waals surface area contributed by atoms with E-state index in [1.807, 2.05) is 14.5 Å². The Morgan fingerprint density at radius 2 is 1.83 bits per heavy atom. The fourth-order valence-electron chi connectivity index (χ4n) is 5.81. The minimum absolute atomic E-state index is 0.00441. The molecular weight excluding hydrogens is 440 g/mol. The molecule has 2 atom stereocenters. The van der Waals surface area contributed by atoms with E-state index in [-0.39, 0.29) is 30.3 Å². The third-order valence-electron chi connectivity index (χ3n) is 8.30. The molecule has 0 bridgehead atoms. The molecular formula is C27H38N6O2. The van der Waals surface area contributed by atoms with Crippen molar-refractivity contribution >= 4 is 17.5 Å². The van der Waals surface area contributed by atoms with Crippen LogP contribution in [0.25, 0.3) is 0 Å². The second kappa shape index (κ2) is 9.64. The lowest BCUT2D eigenvalue weighted by Crippen LogP contribution is -2.50. The van der Waals surface area contributed by atoms with Gasteiger partial charge in [-0.2, -0.15) is 5.10 Å². The van der Waals surface area contributed by atoms with Crippen LogP contribution in [0, 0.1) is 19.8 Å². The maximum Gasteiger partial charge on any atom is 0.274 e. The average Bonchev–Trinajstić information content (AvgIpc) is 3.46. The molecule has 5 rings (SSSR count). The van der Waals surface area contributed by atoms with Gasteiger partial charge in [0.05, 0.1) is 0 Å². The summed E-state index contributed by atoms with van der Waals surface area (Å²) in [5, 5.41) is 4.71. The van der Waals surface area contributed by atoms with Crippen molar-refractivity contribution in [1.82, 2.24) is 19.6 Å². The molecule has 2 N–H and O–H groups in total. The molecule has 0 radical (unpaired) electrons. The number of piperazine rings is 1. The molecule has 188 valence electrons. The predicted molar refractivity (Wildman–Crippen MR) is 137 cm³/mol. The van der Waals surface area contributed by atoms with Crippen LogP contribution >= 0.6 is 0 Å². The van der Waals surface area contributed by atoms with Crippen molar-refractivity contribution in [3.63, 3.8) is 0 Å². The van der Waals surface area contributed by atoms with Gasteiger partial charge in [0.1, 0.15) is 6.54 Å². The molecule has 1 aromatic carbocycles. The van der Waals surface area contributed by atoms with Crippen molar-refractivity contribution in [2.45, 2.75) is 59.0 Å². The number of nitrogens with zero attached hydrogens (tertiary/aromatic N) is 5. The molecule has 1 aliphatic carbocycles. The Balaban J connectivity index is 1.25. The van der Waals surface area contributed by atoms with E-state index in [0.29, 0.717) is 31.9 Å². The van der Waals surface area contributed by atoms with Crippen molar-refractivity contribution in [2.75, 3.05) is 44.2 Å². The zero-order chi connectivity index (χ0) is 24.7. The minimum atomic E-state index is -0.00441. The van der Waals surface area contributed by atoms with Crippen molar-refractivity contribution in [1.29, 1.82) is 0 Å². The number of hydrogen-bond acceptors (Lipinski definition) is 5. The average molecular weight is 479 g/mol. The molecule has 8 heteroatoms. The molecule has 2 saturated heterocycles. The van der Waals surface area contributed by atoms with E-state index in [2.05, 4.69) is 43.9 Å². The lowest BCUT2D eigenvalue weighted by atomic mass is 9.94. The molecule has 0 saturated carbocycles. The van der Waals surface area contributed by atoms with Gasteiger partial charge in [0.25, 0.3) is 5.91 Å². The first kappa shape index (κ1) is 23.9. The van der Waals surface area contributed by atoms with Gasteiger partial charge in [0, 0.05) is 62.3 Å². The molecule has 1 aromatic heterocycles. The summed E-state index contributed by atoms with van der Waals surface area (Å²) in [6.45, 7) is 11.0. The first-order valence-electron chi connectivity index (χ1n) is 13.1. The number of benzene rings is 1. The quantitative estimate of drug-likeness (QED) is 0.728. The van der Waals surface area contributed by atoms with E-state index in [4.69, 9.17) is 10.8 Å². The Kier molecular flexibility index (Phi) is 6.57. The molecule has 0 unspecified atom stereocenters. The number of aromatic nitrogens is 2. The number of aryl methyl sites for hydroxylation is 1. The second-order valence-corrected chi connectivity index (χ2v) is 10.6. The number of anilines is 1. The highest BCUT2D eigenvalue weighted by Gasteiger charge is 2.33. The van der Waals surface area contributed by atoms with E-state index in [9.17, 15) is 9.59 Å². The van der Waals surface area contributed by atoms with Gasteiger partial charge in [0.15, 0.2) is 5.69 Å². The van der Waals surface area contributed by atoms with Crippen LogP contribution in [-0.2, 0) is 24.2 Å². The Morgan fingerprint density at radius 3 is 2.57 bits per heavy atom. The Morgan fingerprint density at radius 1 is 1.06 bits per heavy atom. The van der Waals surface area contributed by atoms with Crippen molar-refractivity contribution in [3.8, 4) is 0 Å². The third-order valence-corrected chi connectivity index (χ3v) is 8.30. The fourth-order valence-corrected chi connectivity index (χ4v) is 5.81. The van der Waals surface area contributed by atoms with Gasteiger partial charge in [-0.25, -0.2) is 0 Å². The largest absolute Gasteiger partial charge is 0.368 e. The molecule has 2 aromatic rings. The number of likely N-dealkylation sites (tertiary alicyclic amines) is 1. The number of fused-ring (bicyclic) bond motifs is 1. The van der Waals surface area contributed by atoms with Crippen LogP contribution in [-0.4, -0.2) is 76.7 Å². The third kappa shape index (κ3) is 4.56. The summed E-state index contributed by atoms with van der Waals surface area (Å²) in [5.41, 5.74) is 12.7. The van der Waals surface area contributed by atoms with Crippen LogP contribution in [0.4, 0.5) is 5.69 Å². The van der Waals surface area contributed by atoms with Gasteiger partial charge < -0.3 is 20.4 Å². The number of rotatable bonds is 4. The van der Waals surface area contributed by atoms with Gasteiger partial charge >= 0.3 is 0 Å². The van der Waals surface area contributed by atoms with Gasteiger partial charge in [-0.1, -0.05) is 19.1 Å². The van der Waals surface area contributed by atoms with Gasteiger partial charge in [-0.3, -0.25) is 14.3 Å². The zero-order valence-electron chi connectivity index (χ0n) is 21.3. The van der Waals surface area contributed by atoms with Crippen molar-refractivity contribution < 1.29 is 9.59 Å². The van der Waals surface area contributed by atoms with E-state index in [1.165, 1.54) is 16.8 Å². The zero-order valence-corrected chi connectivity index (χ0v) is 21.3. The van der Waals surface area contributed by atoms with Crippen LogP contribution in [0.3, 0.4) is 0 Å². The molecule has 35 heavy (non-hydrogen) atoms. The molecule has 2 fully saturated rings. The number of hydrogen-bond donors (Lipinski definition) is 1. The molecule has 8 nitrogen and oxygen atoms in total. The number of carbonyl (C=O) groups excluding carboxylic acids is 2. The maximum absolute atomic E-state index is 13.3. The number of carbonyl (C=O) groups is 2. The Hall–Kier alpha value is -2.87. The summed E-state index contributed by atoms with van der Waals surface area (Å²) in [6.07, 6.45) is 3.58. The van der Waals surface area contributed by atoms with Crippen LogP contribution < -0.4 is 10.6 Å². The summed E-state index contributed by atoms with van der Waals surface area (Å²) in [7, 11) is 0. The maximum atomic E-state index is 13.3. The minimum Gasteiger partial charge on any atom is -0.368 e. The lowest BCUT2D eigenvalue weighted by Gasteiger charge is -2.37. The highest BCUT2D eigenvalue weighted by atomic mass is 16.2. The smallest absolute Gasteiger partial charge is 0.274 e. The summed E-state index contributed by atoms with van der Waals surface area (Å²) in [4.78, 5) is 32.8. The van der Waals surface area contributed by atoms with E-state index >= 15 is 0 Å².